The van der Waals surface area contributed by atoms with E-state index in [0.29, 0.717) is 34.3 Å². The quantitative estimate of drug-likeness (QED) is 0.491. The largest absolute Gasteiger partial charge is 0.458 e. The summed E-state index contributed by atoms with van der Waals surface area (Å²) in [7, 11) is 0. The number of carbonyl (C=O) groups is 1. The molecule has 0 aliphatic carbocycles. The van der Waals surface area contributed by atoms with Gasteiger partial charge in [-0.3, -0.25) is 4.79 Å². The van der Waals surface area contributed by atoms with Gasteiger partial charge in [0, 0.05) is 16.3 Å². The fourth-order valence-electron chi connectivity index (χ4n) is 2.64. The van der Waals surface area contributed by atoms with Crippen molar-refractivity contribution in [3.05, 3.63) is 69.4 Å². The molecule has 1 N–H and O–H groups in total. The van der Waals surface area contributed by atoms with E-state index in [4.69, 9.17) is 4.42 Å². The number of nitrogens with one attached hydrogen (secondary N) is 1. The SMILES string of the molecule is Cc1nc(-c2ccc(CNC(=O)Cc3csc(-c4cccc(F)c4)n3)o2)cs1. The fraction of sp³-hybridized carbons (Fsp3) is 0.150. The Morgan fingerprint density at radius 1 is 1.18 bits per heavy atom. The van der Waals surface area contributed by atoms with E-state index in [1.807, 2.05) is 29.8 Å². The Morgan fingerprint density at radius 3 is 2.86 bits per heavy atom. The van der Waals surface area contributed by atoms with Gasteiger partial charge < -0.3 is 9.73 Å². The molecule has 5 nitrogen and oxygen atoms in total. The van der Waals surface area contributed by atoms with E-state index in [1.165, 1.54) is 23.5 Å². The van der Waals surface area contributed by atoms with Crippen molar-refractivity contribution in [1.29, 1.82) is 0 Å². The number of thiazole rings is 2. The Morgan fingerprint density at radius 2 is 2.07 bits per heavy atom. The molecular formula is C20H16FN3O2S2. The van der Waals surface area contributed by atoms with Crippen LogP contribution in [0.25, 0.3) is 22.0 Å². The van der Waals surface area contributed by atoms with Gasteiger partial charge in [-0.15, -0.1) is 22.7 Å². The molecule has 0 aliphatic rings. The first-order valence-corrected chi connectivity index (χ1v) is 10.3. The summed E-state index contributed by atoms with van der Waals surface area (Å²) in [6.07, 6.45) is 0.157. The molecule has 1 amide bonds. The maximum Gasteiger partial charge on any atom is 0.226 e. The third-order valence-corrected chi connectivity index (χ3v) is 5.67. The van der Waals surface area contributed by atoms with Gasteiger partial charge in [-0.05, 0) is 31.2 Å². The number of aryl methyl sites for hydroxylation is 1. The van der Waals surface area contributed by atoms with Gasteiger partial charge in [0.15, 0.2) is 5.76 Å². The fourth-order valence-corrected chi connectivity index (χ4v) is 4.06. The number of hydrogen-bond acceptors (Lipinski definition) is 6. The minimum Gasteiger partial charge on any atom is -0.458 e. The van der Waals surface area contributed by atoms with Crippen molar-refractivity contribution in [2.45, 2.75) is 19.9 Å². The molecule has 0 aliphatic heterocycles. The molecule has 0 spiro atoms. The molecule has 142 valence electrons. The van der Waals surface area contributed by atoms with Crippen LogP contribution in [0.3, 0.4) is 0 Å². The maximum atomic E-state index is 13.3. The molecule has 0 saturated heterocycles. The van der Waals surface area contributed by atoms with Gasteiger partial charge in [0.1, 0.15) is 22.3 Å². The number of furan rings is 1. The number of hydrogen-bond donors (Lipinski definition) is 1. The number of halogens is 1. The molecule has 0 fully saturated rings. The minimum atomic E-state index is -0.308. The van der Waals surface area contributed by atoms with Gasteiger partial charge in [0.2, 0.25) is 5.91 Å². The average Bonchev–Trinajstić information content (AvgIpc) is 3.40. The van der Waals surface area contributed by atoms with Crippen LogP contribution in [0.1, 0.15) is 16.5 Å². The minimum absolute atomic E-state index is 0.154. The second-order valence-electron chi connectivity index (χ2n) is 6.13. The van der Waals surface area contributed by atoms with Crippen LogP contribution in [0.4, 0.5) is 4.39 Å². The lowest BCUT2D eigenvalue weighted by molar-refractivity contribution is -0.120. The first-order chi connectivity index (χ1) is 13.6. The second kappa shape index (κ2) is 8.04. The summed E-state index contributed by atoms with van der Waals surface area (Å²) in [6.45, 7) is 2.24. The third-order valence-electron chi connectivity index (χ3n) is 3.96. The predicted octanol–water partition coefficient (Wildman–Crippen LogP) is 4.83. The van der Waals surface area contributed by atoms with Crippen LogP contribution < -0.4 is 5.32 Å². The van der Waals surface area contributed by atoms with Crippen LogP contribution in [0, 0.1) is 12.7 Å². The summed E-state index contributed by atoms with van der Waals surface area (Å²) < 4.78 is 19.1. The summed E-state index contributed by atoms with van der Waals surface area (Å²) in [6, 6.07) is 9.94. The first-order valence-electron chi connectivity index (χ1n) is 8.55. The molecule has 1 aromatic carbocycles. The molecule has 0 bridgehead atoms. The Labute approximate surface area is 168 Å². The van der Waals surface area contributed by atoms with E-state index in [0.717, 1.165) is 10.7 Å². The highest BCUT2D eigenvalue weighted by Crippen LogP contribution is 2.25. The van der Waals surface area contributed by atoms with E-state index in [2.05, 4.69) is 15.3 Å². The summed E-state index contributed by atoms with van der Waals surface area (Å²) in [5.74, 6) is 0.886. The number of carbonyl (C=O) groups excluding carboxylic acids is 1. The van der Waals surface area contributed by atoms with Crippen molar-refractivity contribution >= 4 is 28.6 Å². The number of amides is 1. The number of nitrogens with zero attached hydrogens (tertiary/aromatic N) is 2. The third kappa shape index (κ3) is 4.35. The highest BCUT2D eigenvalue weighted by Gasteiger charge is 2.12. The number of rotatable bonds is 6. The highest BCUT2D eigenvalue weighted by molar-refractivity contribution is 7.13. The van der Waals surface area contributed by atoms with E-state index < -0.39 is 0 Å². The molecule has 3 heterocycles. The monoisotopic (exact) mass is 413 g/mol. The van der Waals surface area contributed by atoms with Crippen LogP contribution in [0.2, 0.25) is 0 Å². The van der Waals surface area contributed by atoms with Gasteiger partial charge in [-0.1, -0.05) is 12.1 Å². The molecule has 0 radical (unpaired) electrons. The molecule has 4 rings (SSSR count). The van der Waals surface area contributed by atoms with Gasteiger partial charge >= 0.3 is 0 Å². The molecule has 4 aromatic rings. The Bertz CT molecular complexity index is 1120. The maximum absolute atomic E-state index is 13.3. The Hall–Kier alpha value is -2.84. The van der Waals surface area contributed by atoms with Gasteiger partial charge in [-0.2, -0.15) is 0 Å². The van der Waals surface area contributed by atoms with E-state index in [1.54, 1.807) is 23.5 Å². The average molecular weight is 413 g/mol. The van der Waals surface area contributed by atoms with Crippen LogP contribution >= 0.6 is 22.7 Å². The van der Waals surface area contributed by atoms with Crippen LogP contribution in [-0.2, 0) is 17.8 Å². The van der Waals surface area contributed by atoms with Crippen molar-refractivity contribution in [3.63, 3.8) is 0 Å². The molecule has 3 aromatic heterocycles. The zero-order chi connectivity index (χ0) is 19.5. The highest BCUT2D eigenvalue weighted by atomic mass is 32.1. The zero-order valence-electron chi connectivity index (χ0n) is 14.9. The molecule has 0 unspecified atom stereocenters. The molecular weight excluding hydrogens is 397 g/mol. The van der Waals surface area contributed by atoms with Gasteiger partial charge in [0.25, 0.3) is 0 Å². The lowest BCUT2D eigenvalue weighted by Gasteiger charge is -2.01. The smallest absolute Gasteiger partial charge is 0.226 e. The number of benzene rings is 1. The van der Waals surface area contributed by atoms with Gasteiger partial charge in [0.05, 0.1) is 23.7 Å². The molecule has 8 heteroatoms. The Balaban J connectivity index is 1.33. The van der Waals surface area contributed by atoms with Crippen LogP contribution in [-0.4, -0.2) is 15.9 Å². The second-order valence-corrected chi connectivity index (χ2v) is 8.05. The predicted molar refractivity (Wildman–Crippen MR) is 108 cm³/mol. The summed E-state index contributed by atoms with van der Waals surface area (Å²) in [5, 5.41) is 8.25. The molecule has 0 atom stereocenters. The normalized spacial score (nSPS) is 10.9. The van der Waals surface area contributed by atoms with Gasteiger partial charge in [-0.25, -0.2) is 14.4 Å². The topological polar surface area (TPSA) is 68.0 Å². The van der Waals surface area contributed by atoms with E-state index in [9.17, 15) is 9.18 Å². The van der Waals surface area contributed by atoms with Crippen molar-refractivity contribution in [3.8, 4) is 22.0 Å². The first kappa shape index (κ1) is 18.5. The van der Waals surface area contributed by atoms with E-state index >= 15 is 0 Å². The lowest BCUT2D eigenvalue weighted by atomic mass is 10.2. The van der Waals surface area contributed by atoms with Crippen molar-refractivity contribution in [2.24, 2.45) is 0 Å². The summed E-state index contributed by atoms with van der Waals surface area (Å²) in [4.78, 5) is 21.0. The lowest BCUT2D eigenvalue weighted by Crippen LogP contribution is -2.24. The van der Waals surface area contributed by atoms with Crippen molar-refractivity contribution in [2.75, 3.05) is 0 Å². The van der Waals surface area contributed by atoms with Crippen molar-refractivity contribution in [1.82, 2.24) is 15.3 Å². The van der Waals surface area contributed by atoms with E-state index in [-0.39, 0.29) is 18.1 Å². The number of aromatic nitrogens is 2. The van der Waals surface area contributed by atoms with Crippen LogP contribution in [0.5, 0.6) is 0 Å². The standard InChI is InChI=1S/C20H16FN3O2S2/c1-12-23-17(11-27-12)18-6-5-16(26-18)9-22-19(25)8-15-10-28-20(24-15)13-3-2-4-14(21)7-13/h2-7,10-11H,8-9H2,1H3,(H,22,25). The van der Waals surface area contributed by atoms with Crippen LogP contribution in [0.15, 0.2) is 51.6 Å². The zero-order valence-corrected chi connectivity index (χ0v) is 16.6. The van der Waals surface area contributed by atoms with Crippen molar-refractivity contribution < 1.29 is 13.6 Å². The molecule has 28 heavy (non-hydrogen) atoms. The summed E-state index contributed by atoms with van der Waals surface area (Å²) >= 11 is 2.95. The summed E-state index contributed by atoms with van der Waals surface area (Å²) in [5.41, 5.74) is 2.16. The Kier molecular flexibility index (Phi) is 5.31. The molecule has 0 saturated carbocycles.